The molecule has 4 aromatic rings. The van der Waals surface area contributed by atoms with Crippen molar-refractivity contribution in [2.45, 2.75) is 24.9 Å². The fourth-order valence-corrected chi connectivity index (χ4v) is 4.52. The normalized spacial score (nSPS) is 11.9. The van der Waals surface area contributed by atoms with Crippen molar-refractivity contribution in [3.05, 3.63) is 89.5 Å². The van der Waals surface area contributed by atoms with Crippen LogP contribution >= 0.6 is 0 Å². The molecule has 0 aliphatic carbocycles. The second kappa shape index (κ2) is 8.64. The SMILES string of the molecule is Cc1ccc(CNC(=O)c2cc3cc(S(=O)(=O)N(C)C)ccc3n2Cc2ccccc2)o1. The molecule has 0 aliphatic heterocycles. The van der Waals surface area contributed by atoms with E-state index in [1.54, 1.807) is 24.3 Å². The Morgan fingerprint density at radius 1 is 1.03 bits per heavy atom. The minimum absolute atomic E-state index is 0.185. The average Bonchev–Trinajstić information content (AvgIpc) is 3.35. The van der Waals surface area contributed by atoms with Crippen LogP contribution < -0.4 is 5.32 Å². The number of nitrogens with one attached hydrogen (secondary N) is 1. The summed E-state index contributed by atoms with van der Waals surface area (Å²) in [4.78, 5) is 13.3. The summed E-state index contributed by atoms with van der Waals surface area (Å²) in [6.45, 7) is 2.59. The largest absolute Gasteiger partial charge is 0.465 e. The standard InChI is InChI=1S/C24H25N3O4S/c1-17-9-10-20(31-17)15-25-24(28)23-14-19-13-21(32(29,30)26(2)3)11-12-22(19)27(23)16-18-7-5-4-6-8-18/h4-14H,15-16H2,1-3H3,(H,25,28). The number of aromatic nitrogens is 1. The molecule has 0 aliphatic rings. The van der Waals surface area contributed by atoms with Gasteiger partial charge in [0.15, 0.2) is 0 Å². The molecule has 1 amide bonds. The molecule has 0 saturated heterocycles. The van der Waals surface area contributed by atoms with Crippen LogP contribution in [-0.2, 0) is 23.1 Å². The number of fused-ring (bicyclic) bond motifs is 1. The van der Waals surface area contributed by atoms with Gasteiger partial charge in [-0.25, -0.2) is 12.7 Å². The minimum Gasteiger partial charge on any atom is -0.465 e. The molecule has 8 heteroatoms. The Balaban J connectivity index is 1.74. The van der Waals surface area contributed by atoms with Crippen molar-refractivity contribution in [1.82, 2.24) is 14.2 Å². The summed E-state index contributed by atoms with van der Waals surface area (Å²) >= 11 is 0. The zero-order valence-electron chi connectivity index (χ0n) is 18.2. The molecule has 0 fully saturated rings. The molecule has 32 heavy (non-hydrogen) atoms. The lowest BCUT2D eigenvalue weighted by Crippen LogP contribution is -2.25. The van der Waals surface area contributed by atoms with Crippen LogP contribution in [0.5, 0.6) is 0 Å². The van der Waals surface area contributed by atoms with Gasteiger partial charge in [-0.2, -0.15) is 0 Å². The van der Waals surface area contributed by atoms with E-state index in [-0.39, 0.29) is 17.3 Å². The number of carbonyl (C=O) groups excluding carboxylic acids is 1. The molecule has 0 radical (unpaired) electrons. The Morgan fingerprint density at radius 3 is 2.44 bits per heavy atom. The van der Waals surface area contributed by atoms with E-state index in [9.17, 15) is 13.2 Å². The molecule has 1 N–H and O–H groups in total. The molecule has 2 aromatic heterocycles. The Kier molecular flexibility index (Phi) is 5.90. The van der Waals surface area contributed by atoms with Gasteiger partial charge in [-0.15, -0.1) is 0 Å². The van der Waals surface area contributed by atoms with E-state index >= 15 is 0 Å². The summed E-state index contributed by atoms with van der Waals surface area (Å²) in [6.07, 6.45) is 0. The number of rotatable bonds is 7. The quantitative estimate of drug-likeness (QED) is 0.464. The number of nitrogens with zero attached hydrogens (tertiary/aromatic N) is 2. The smallest absolute Gasteiger partial charge is 0.268 e. The topological polar surface area (TPSA) is 84.5 Å². The van der Waals surface area contributed by atoms with Crippen molar-refractivity contribution < 1.29 is 17.6 Å². The minimum atomic E-state index is -3.58. The van der Waals surface area contributed by atoms with Gasteiger partial charge < -0.3 is 14.3 Å². The lowest BCUT2D eigenvalue weighted by Gasteiger charge is -2.13. The predicted molar refractivity (Wildman–Crippen MR) is 123 cm³/mol. The Labute approximate surface area is 187 Å². The highest BCUT2D eigenvalue weighted by Gasteiger charge is 2.21. The van der Waals surface area contributed by atoms with Crippen LogP contribution in [-0.4, -0.2) is 37.3 Å². The summed E-state index contributed by atoms with van der Waals surface area (Å²) in [5, 5.41) is 3.58. The van der Waals surface area contributed by atoms with Crippen LogP contribution in [0.15, 0.2) is 76.0 Å². The number of aryl methyl sites for hydroxylation is 1. The monoisotopic (exact) mass is 451 g/mol. The van der Waals surface area contributed by atoms with E-state index in [1.165, 1.54) is 18.4 Å². The zero-order valence-corrected chi connectivity index (χ0v) is 19.0. The van der Waals surface area contributed by atoms with Gasteiger partial charge in [0.1, 0.15) is 17.2 Å². The molecule has 0 spiro atoms. The third-order valence-corrected chi connectivity index (χ3v) is 7.10. The zero-order chi connectivity index (χ0) is 22.9. The van der Waals surface area contributed by atoms with Crippen molar-refractivity contribution in [2.24, 2.45) is 0 Å². The maximum atomic E-state index is 13.1. The first-order valence-electron chi connectivity index (χ1n) is 10.2. The van der Waals surface area contributed by atoms with Gasteiger partial charge >= 0.3 is 0 Å². The van der Waals surface area contributed by atoms with Gasteiger partial charge in [-0.1, -0.05) is 30.3 Å². The third kappa shape index (κ3) is 4.32. The third-order valence-electron chi connectivity index (χ3n) is 5.29. The summed E-state index contributed by atoms with van der Waals surface area (Å²) in [6, 6.07) is 20.2. The predicted octanol–water partition coefficient (Wildman–Crippen LogP) is 3.77. The van der Waals surface area contributed by atoms with Crippen LogP contribution in [0.4, 0.5) is 0 Å². The van der Waals surface area contributed by atoms with Gasteiger partial charge in [0.05, 0.1) is 11.4 Å². The highest BCUT2D eigenvalue weighted by molar-refractivity contribution is 7.89. The maximum Gasteiger partial charge on any atom is 0.268 e. The van der Waals surface area contributed by atoms with Crippen LogP contribution in [0, 0.1) is 6.92 Å². The molecule has 4 rings (SSSR count). The Morgan fingerprint density at radius 2 is 1.78 bits per heavy atom. The molecular weight excluding hydrogens is 426 g/mol. The fraction of sp³-hybridized carbons (Fsp3) is 0.208. The van der Waals surface area contributed by atoms with Crippen LogP contribution in [0.2, 0.25) is 0 Å². The molecule has 166 valence electrons. The second-order valence-electron chi connectivity index (χ2n) is 7.80. The number of sulfonamides is 1. The van der Waals surface area contributed by atoms with Crippen molar-refractivity contribution in [1.29, 1.82) is 0 Å². The highest BCUT2D eigenvalue weighted by atomic mass is 32.2. The van der Waals surface area contributed by atoms with Gasteiger partial charge in [0.2, 0.25) is 10.0 Å². The second-order valence-corrected chi connectivity index (χ2v) is 9.96. The van der Waals surface area contributed by atoms with E-state index < -0.39 is 10.0 Å². The molecule has 0 atom stereocenters. The summed E-state index contributed by atoms with van der Waals surface area (Å²) in [5.74, 6) is 1.19. The summed E-state index contributed by atoms with van der Waals surface area (Å²) in [5.41, 5.74) is 2.27. The molecule has 0 saturated carbocycles. The number of hydrogen-bond acceptors (Lipinski definition) is 4. The molecule has 2 aromatic carbocycles. The van der Waals surface area contributed by atoms with Crippen LogP contribution in [0.25, 0.3) is 10.9 Å². The number of amides is 1. The van der Waals surface area contributed by atoms with E-state index in [0.29, 0.717) is 23.4 Å². The van der Waals surface area contributed by atoms with Gasteiger partial charge in [0.25, 0.3) is 5.91 Å². The van der Waals surface area contributed by atoms with Crippen molar-refractivity contribution >= 4 is 26.8 Å². The fourth-order valence-electron chi connectivity index (χ4n) is 3.58. The van der Waals surface area contributed by atoms with Gasteiger partial charge in [-0.3, -0.25) is 4.79 Å². The number of furan rings is 1. The number of benzene rings is 2. The van der Waals surface area contributed by atoms with Crippen LogP contribution in [0.1, 0.15) is 27.6 Å². The molecular formula is C24H25N3O4S. The number of hydrogen-bond donors (Lipinski definition) is 1. The molecule has 2 heterocycles. The Hall–Kier alpha value is -3.36. The first-order chi connectivity index (χ1) is 15.3. The highest BCUT2D eigenvalue weighted by Crippen LogP contribution is 2.26. The Bertz CT molecular complexity index is 1370. The van der Waals surface area contributed by atoms with Crippen LogP contribution in [0.3, 0.4) is 0 Å². The molecule has 7 nitrogen and oxygen atoms in total. The lowest BCUT2D eigenvalue weighted by atomic mass is 10.2. The van der Waals surface area contributed by atoms with E-state index in [0.717, 1.165) is 16.8 Å². The van der Waals surface area contributed by atoms with E-state index in [1.807, 2.05) is 54.0 Å². The number of carbonyl (C=O) groups is 1. The lowest BCUT2D eigenvalue weighted by molar-refractivity contribution is 0.0939. The van der Waals surface area contributed by atoms with E-state index in [2.05, 4.69) is 5.32 Å². The van der Waals surface area contributed by atoms with Gasteiger partial charge in [-0.05, 0) is 48.9 Å². The van der Waals surface area contributed by atoms with Gasteiger partial charge in [0, 0.05) is 31.5 Å². The summed E-state index contributed by atoms with van der Waals surface area (Å²) < 4.78 is 33.8. The average molecular weight is 452 g/mol. The molecule has 0 unspecified atom stereocenters. The van der Waals surface area contributed by atoms with E-state index in [4.69, 9.17) is 4.42 Å². The first kappa shape index (κ1) is 21.9. The maximum absolute atomic E-state index is 13.1. The first-order valence-corrected chi connectivity index (χ1v) is 11.6. The van der Waals surface area contributed by atoms with Crippen molar-refractivity contribution in [2.75, 3.05) is 14.1 Å². The summed E-state index contributed by atoms with van der Waals surface area (Å²) in [7, 11) is -0.593. The molecule has 0 bridgehead atoms. The van der Waals surface area contributed by atoms with Crippen molar-refractivity contribution in [3.8, 4) is 0 Å². The van der Waals surface area contributed by atoms with Crippen molar-refractivity contribution in [3.63, 3.8) is 0 Å².